The molecule has 34 heavy (non-hydrogen) atoms. The summed E-state index contributed by atoms with van der Waals surface area (Å²) in [6, 6.07) is 11.6. The van der Waals surface area contributed by atoms with E-state index >= 15 is 0 Å². The number of anilines is 1. The van der Waals surface area contributed by atoms with Crippen LogP contribution >= 0.6 is 0 Å². The van der Waals surface area contributed by atoms with Crippen molar-refractivity contribution in [2.75, 3.05) is 18.9 Å². The zero-order valence-electron chi connectivity index (χ0n) is 19.8. The number of hydrogen-bond acceptors (Lipinski definition) is 7. The molecule has 0 spiro atoms. The summed E-state index contributed by atoms with van der Waals surface area (Å²) in [4.78, 5) is 29.9. The average molecular weight is 457 g/mol. The number of benzene rings is 1. The van der Waals surface area contributed by atoms with E-state index in [1.54, 1.807) is 31.8 Å². The molecule has 0 aliphatic rings. The van der Waals surface area contributed by atoms with Crippen LogP contribution in [-0.2, 0) is 6.42 Å². The number of carbonyl (C=O) groups is 1. The molecular formula is C26H28N6O2. The molecule has 0 fully saturated rings. The Kier molecular flexibility index (Phi) is 6.96. The molecule has 8 nitrogen and oxygen atoms in total. The van der Waals surface area contributed by atoms with Crippen molar-refractivity contribution in [2.45, 2.75) is 33.3 Å². The molecule has 0 unspecified atom stereocenters. The maximum Gasteiger partial charge on any atom is 0.251 e. The van der Waals surface area contributed by atoms with Crippen LogP contribution in [0.1, 0.15) is 35.3 Å². The first kappa shape index (κ1) is 23.1. The average Bonchev–Trinajstić information content (AvgIpc) is 2.84. The summed E-state index contributed by atoms with van der Waals surface area (Å²) in [6.45, 7) is 6.58. The Morgan fingerprint density at radius 3 is 2.71 bits per heavy atom. The second-order valence-corrected chi connectivity index (χ2v) is 8.23. The lowest BCUT2D eigenvalue weighted by molar-refractivity contribution is 0.0964. The zero-order valence-corrected chi connectivity index (χ0v) is 19.8. The van der Waals surface area contributed by atoms with Crippen molar-refractivity contribution < 1.29 is 9.53 Å². The summed E-state index contributed by atoms with van der Waals surface area (Å²) in [5.41, 5.74) is 5.16. The highest BCUT2D eigenvalue weighted by Crippen LogP contribution is 2.24. The number of para-hydroxylation sites is 1. The van der Waals surface area contributed by atoms with E-state index < -0.39 is 0 Å². The number of nitrogens with one attached hydrogen (secondary N) is 2. The summed E-state index contributed by atoms with van der Waals surface area (Å²) in [7, 11) is 1.63. The number of ether oxygens (including phenoxy) is 1. The molecule has 2 N–H and O–H groups in total. The van der Waals surface area contributed by atoms with Crippen LogP contribution in [0.15, 0.2) is 55.1 Å². The number of pyridine rings is 2. The number of aryl methyl sites for hydroxylation is 1. The first-order chi connectivity index (χ1) is 16.5. The minimum atomic E-state index is -0.121. The Morgan fingerprint density at radius 1 is 1.09 bits per heavy atom. The van der Waals surface area contributed by atoms with Crippen LogP contribution in [0.25, 0.3) is 22.2 Å². The lowest BCUT2D eigenvalue weighted by Crippen LogP contribution is -2.18. The van der Waals surface area contributed by atoms with Gasteiger partial charge in [-0.05, 0) is 44.9 Å². The van der Waals surface area contributed by atoms with E-state index in [0.29, 0.717) is 18.0 Å². The molecule has 0 saturated carbocycles. The van der Waals surface area contributed by atoms with Gasteiger partial charge in [-0.3, -0.25) is 9.78 Å². The predicted molar refractivity (Wildman–Crippen MR) is 133 cm³/mol. The maximum absolute atomic E-state index is 12.2. The number of fused-ring (bicyclic) bond motifs is 1. The summed E-state index contributed by atoms with van der Waals surface area (Å²) >= 11 is 0. The maximum atomic E-state index is 12.2. The lowest BCUT2D eigenvalue weighted by Gasteiger charge is -2.12. The largest absolute Gasteiger partial charge is 0.475 e. The lowest BCUT2D eigenvalue weighted by atomic mass is 10.0. The standard InChI is InChI=1S/C26H28N6O2/c1-16(2)34-26-17(3)12-19(14-30-26)22-13-23(32-15-31-22)28-10-8-18-6-5-7-20-21(25(33)27-4)9-11-29-24(18)20/h5-7,9,11-16H,8,10H2,1-4H3,(H,27,33)(H,28,31,32). The molecule has 1 amide bonds. The molecule has 0 radical (unpaired) electrons. The van der Waals surface area contributed by atoms with Gasteiger partial charge < -0.3 is 15.4 Å². The van der Waals surface area contributed by atoms with Crippen LogP contribution in [0.5, 0.6) is 5.88 Å². The smallest absolute Gasteiger partial charge is 0.251 e. The molecule has 3 aromatic heterocycles. The normalized spacial score (nSPS) is 11.0. The van der Waals surface area contributed by atoms with E-state index in [9.17, 15) is 4.79 Å². The van der Waals surface area contributed by atoms with Gasteiger partial charge in [0.1, 0.15) is 12.1 Å². The molecule has 174 valence electrons. The quantitative estimate of drug-likeness (QED) is 0.410. The van der Waals surface area contributed by atoms with Crippen molar-refractivity contribution >= 4 is 22.6 Å². The monoisotopic (exact) mass is 456 g/mol. The molecule has 4 aromatic rings. The summed E-state index contributed by atoms with van der Waals surface area (Å²) < 4.78 is 5.73. The van der Waals surface area contributed by atoms with Crippen LogP contribution in [0.2, 0.25) is 0 Å². The summed E-state index contributed by atoms with van der Waals surface area (Å²) in [5, 5.41) is 6.90. The molecule has 3 heterocycles. The molecule has 0 aliphatic heterocycles. The minimum absolute atomic E-state index is 0.0687. The third-order valence-corrected chi connectivity index (χ3v) is 5.37. The highest BCUT2D eigenvalue weighted by molar-refractivity contribution is 6.06. The fourth-order valence-corrected chi connectivity index (χ4v) is 3.76. The van der Waals surface area contributed by atoms with Gasteiger partial charge in [0.2, 0.25) is 5.88 Å². The van der Waals surface area contributed by atoms with Crippen molar-refractivity contribution in [3.8, 4) is 17.1 Å². The number of hydrogen-bond donors (Lipinski definition) is 2. The number of amides is 1. The van der Waals surface area contributed by atoms with E-state index in [0.717, 1.165) is 45.5 Å². The number of rotatable bonds is 8. The Labute approximate surface area is 198 Å². The number of carbonyl (C=O) groups excluding carboxylic acids is 1. The molecule has 4 rings (SSSR count). The second kappa shape index (κ2) is 10.2. The zero-order chi connectivity index (χ0) is 24.1. The number of nitrogens with zero attached hydrogens (tertiary/aromatic N) is 4. The van der Waals surface area contributed by atoms with E-state index in [1.165, 1.54) is 0 Å². The Morgan fingerprint density at radius 2 is 1.94 bits per heavy atom. The SMILES string of the molecule is CNC(=O)c1ccnc2c(CCNc3cc(-c4cnc(OC(C)C)c(C)c4)ncn3)cccc12. The van der Waals surface area contributed by atoms with Gasteiger partial charge in [0.25, 0.3) is 5.91 Å². The Balaban J connectivity index is 1.48. The molecule has 0 aliphatic carbocycles. The van der Waals surface area contributed by atoms with Crippen molar-refractivity contribution in [1.29, 1.82) is 0 Å². The van der Waals surface area contributed by atoms with Crippen molar-refractivity contribution in [1.82, 2.24) is 25.3 Å². The fourth-order valence-electron chi connectivity index (χ4n) is 3.76. The van der Waals surface area contributed by atoms with E-state index in [1.807, 2.05) is 51.1 Å². The molecule has 1 aromatic carbocycles. The van der Waals surface area contributed by atoms with Crippen LogP contribution in [-0.4, -0.2) is 45.5 Å². The van der Waals surface area contributed by atoms with Gasteiger partial charge in [-0.15, -0.1) is 0 Å². The van der Waals surface area contributed by atoms with Crippen molar-refractivity contribution in [2.24, 2.45) is 0 Å². The van der Waals surface area contributed by atoms with Crippen LogP contribution in [0.4, 0.5) is 5.82 Å². The van der Waals surface area contributed by atoms with Crippen LogP contribution in [0.3, 0.4) is 0 Å². The fraction of sp³-hybridized carbons (Fsp3) is 0.269. The van der Waals surface area contributed by atoms with E-state index in [2.05, 4.69) is 30.6 Å². The van der Waals surface area contributed by atoms with E-state index in [4.69, 9.17) is 4.74 Å². The van der Waals surface area contributed by atoms with Gasteiger partial charge in [0.15, 0.2) is 0 Å². The highest BCUT2D eigenvalue weighted by atomic mass is 16.5. The topological polar surface area (TPSA) is 102 Å². The second-order valence-electron chi connectivity index (χ2n) is 8.23. The van der Waals surface area contributed by atoms with E-state index in [-0.39, 0.29) is 12.0 Å². The van der Waals surface area contributed by atoms with Gasteiger partial charge in [-0.1, -0.05) is 18.2 Å². The molecule has 0 atom stereocenters. The Bertz CT molecular complexity index is 1320. The van der Waals surface area contributed by atoms with Gasteiger partial charge in [0.05, 0.1) is 22.9 Å². The molecule has 0 saturated heterocycles. The third kappa shape index (κ3) is 5.11. The molecule has 8 heteroatoms. The first-order valence-corrected chi connectivity index (χ1v) is 11.2. The predicted octanol–water partition coefficient (Wildman–Crippen LogP) is 4.20. The van der Waals surface area contributed by atoms with Gasteiger partial charge >= 0.3 is 0 Å². The summed E-state index contributed by atoms with van der Waals surface area (Å²) in [5.74, 6) is 1.24. The minimum Gasteiger partial charge on any atom is -0.475 e. The van der Waals surface area contributed by atoms with Gasteiger partial charge in [-0.25, -0.2) is 15.0 Å². The summed E-state index contributed by atoms with van der Waals surface area (Å²) in [6.07, 6.45) is 5.78. The van der Waals surface area contributed by atoms with Crippen molar-refractivity contribution in [3.05, 3.63) is 71.8 Å². The Hall–Kier alpha value is -4.07. The first-order valence-electron chi connectivity index (χ1n) is 11.2. The van der Waals surface area contributed by atoms with Crippen molar-refractivity contribution in [3.63, 3.8) is 0 Å². The molecular weight excluding hydrogens is 428 g/mol. The van der Waals surface area contributed by atoms with Crippen LogP contribution in [0, 0.1) is 6.92 Å². The van der Waals surface area contributed by atoms with Crippen LogP contribution < -0.4 is 15.4 Å². The van der Waals surface area contributed by atoms with Gasteiger partial charge in [0, 0.05) is 48.6 Å². The highest BCUT2D eigenvalue weighted by Gasteiger charge is 2.12. The van der Waals surface area contributed by atoms with Gasteiger partial charge in [-0.2, -0.15) is 0 Å². The molecule has 0 bridgehead atoms. The third-order valence-electron chi connectivity index (χ3n) is 5.37. The number of aromatic nitrogens is 4.